The molecule has 4 heteroatoms. The maximum atomic E-state index is 11.4. The number of nitrogens with zero attached hydrogens (tertiary/aromatic N) is 1. The highest BCUT2D eigenvalue weighted by Gasteiger charge is 2.21. The van der Waals surface area contributed by atoms with E-state index in [0.29, 0.717) is 18.8 Å². The molecule has 1 aromatic carbocycles. The summed E-state index contributed by atoms with van der Waals surface area (Å²) in [6, 6.07) is 9.05. The molecule has 0 radical (unpaired) electrons. The van der Waals surface area contributed by atoms with E-state index >= 15 is 0 Å². The number of likely N-dealkylation sites (tertiary alicyclic amines) is 1. The Bertz CT molecular complexity index is 567. The molecule has 0 bridgehead atoms. The molecule has 2 aliphatic rings. The molecule has 3 rings (SSSR count). The number of piperidine rings is 1. The van der Waals surface area contributed by atoms with Crippen molar-refractivity contribution in [3.63, 3.8) is 0 Å². The highest BCUT2D eigenvalue weighted by molar-refractivity contribution is 5.73. The fourth-order valence-electron chi connectivity index (χ4n) is 4.07. The normalized spacial score (nSPS) is 25.0. The van der Waals surface area contributed by atoms with Gasteiger partial charge in [-0.25, -0.2) is 0 Å². The molecule has 1 N–H and O–H groups in total. The summed E-state index contributed by atoms with van der Waals surface area (Å²) in [5, 5.41) is 3.63. The van der Waals surface area contributed by atoms with Crippen LogP contribution in [0.1, 0.15) is 57.9 Å². The first-order chi connectivity index (χ1) is 12.1. The predicted octanol–water partition coefficient (Wildman–Crippen LogP) is 4.20. The van der Waals surface area contributed by atoms with E-state index in [-0.39, 0.29) is 5.91 Å². The van der Waals surface area contributed by atoms with E-state index in [1.165, 1.54) is 36.9 Å². The number of rotatable bonds is 5. The summed E-state index contributed by atoms with van der Waals surface area (Å²) in [6.45, 7) is 6.41. The smallest absolute Gasteiger partial charge is 0.219 e. The lowest BCUT2D eigenvalue weighted by Gasteiger charge is -2.32. The van der Waals surface area contributed by atoms with Crippen LogP contribution in [0.25, 0.3) is 0 Å². The number of benzene rings is 1. The van der Waals surface area contributed by atoms with Crippen LogP contribution in [0, 0.1) is 5.92 Å². The molecule has 4 nitrogen and oxygen atoms in total. The standard InChI is InChI=1S/C21H32N2O2/c1-16-5-3-8-21(13-16)25-15-18-6-4-7-20(14-18)22-19-9-11-23(12-10-19)17(2)24/h4,6-7,14,16,19,21-22H,3,5,8-13,15H2,1-2H3/t16-,21-/m1/s1. The quantitative estimate of drug-likeness (QED) is 0.870. The van der Waals surface area contributed by atoms with E-state index in [0.717, 1.165) is 31.8 Å². The molecule has 138 valence electrons. The Morgan fingerprint density at radius 2 is 2.04 bits per heavy atom. The van der Waals surface area contributed by atoms with Gasteiger partial charge in [-0.05, 0) is 49.3 Å². The summed E-state index contributed by atoms with van der Waals surface area (Å²) < 4.78 is 6.15. The van der Waals surface area contributed by atoms with Crippen LogP contribution < -0.4 is 5.32 Å². The molecule has 1 aliphatic heterocycles. The van der Waals surface area contributed by atoms with Gasteiger partial charge < -0.3 is 15.0 Å². The maximum absolute atomic E-state index is 11.4. The van der Waals surface area contributed by atoms with Gasteiger partial charge in [0.1, 0.15) is 0 Å². The first-order valence-corrected chi connectivity index (χ1v) is 9.82. The van der Waals surface area contributed by atoms with Crippen molar-refractivity contribution in [1.29, 1.82) is 0 Å². The number of amides is 1. The molecule has 1 saturated heterocycles. The molecule has 2 atom stereocenters. The second-order valence-electron chi connectivity index (χ2n) is 7.83. The maximum Gasteiger partial charge on any atom is 0.219 e. The zero-order chi connectivity index (χ0) is 17.6. The average Bonchev–Trinajstić information content (AvgIpc) is 2.61. The monoisotopic (exact) mass is 344 g/mol. The number of nitrogens with one attached hydrogen (secondary N) is 1. The molecule has 1 aromatic rings. The van der Waals surface area contributed by atoms with Crippen molar-refractivity contribution in [3.05, 3.63) is 29.8 Å². The number of carbonyl (C=O) groups is 1. The van der Waals surface area contributed by atoms with Crippen molar-refractivity contribution in [2.45, 2.75) is 71.1 Å². The van der Waals surface area contributed by atoms with E-state index in [1.54, 1.807) is 6.92 Å². The second-order valence-corrected chi connectivity index (χ2v) is 7.83. The van der Waals surface area contributed by atoms with Gasteiger partial charge in [0.05, 0.1) is 12.7 Å². The minimum Gasteiger partial charge on any atom is -0.382 e. The molecular formula is C21H32N2O2. The highest BCUT2D eigenvalue weighted by Crippen LogP contribution is 2.26. The van der Waals surface area contributed by atoms with Gasteiger partial charge in [0.2, 0.25) is 5.91 Å². The molecule has 0 aromatic heterocycles. The summed E-state index contributed by atoms with van der Waals surface area (Å²) in [4.78, 5) is 13.4. The van der Waals surface area contributed by atoms with Crippen LogP contribution in [-0.4, -0.2) is 36.0 Å². The summed E-state index contributed by atoms with van der Waals surface area (Å²) in [7, 11) is 0. The molecule has 2 fully saturated rings. The zero-order valence-electron chi connectivity index (χ0n) is 15.7. The molecular weight excluding hydrogens is 312 g/mol. The Kier molecular flexibility index (Phi) is 6.35. The summed E-state index contributed by atoms with van der Waals surface area (Å²) in [5.41, 5.74) is 2.41. The first-order valence-electron chi connectivity index (χ1n) is 9.82. The molecule has 25 heavy (non-hydrogen) atoms. The Hall–Kier alpha value is -1.55. The molecule has 0 unspecified atom stereocenters. The van der Waals surface area contributed by atoms with E-state index < -0.39 is 0 Å². The van der Waals surface area contributed by atoms with Crippen molar-refractivity contribution >= 4 is 11.6 Å². The van der Waals surface area contributed by atoms with Gasteiger partial charge in [-0.1, -0.05) is 31.9 Å². The van der Waals surface area contributed by atoms with Gasteiger partial charge in [0.15, 0.2) is 0 Å². The van der Waals surface area contributed by atoms with Gasteiger partial charge >= 0.3 is 0 Å². The van der Waals surface area contributed by atoms with Crippen molar-refractivity contribution in [2.75, 3.05) is 18.4 Å². The van der Waals surface area contributed by atoms with Crippen LogP contribution in [0.3, 0.4) is 0 Å². The lowest BCUT2D eigenvalue weighted by Crippen LogP contribution is -2.41. The van der Waals surface area contributed by atoms with Crippen LogP contribution in [-0.2, 0) is 16.1 Å². The Morgan fingerprint density at radius 3 is 2.76 bits per heavy atom. The second kappa shape index (κ2) is 8.70. The van der Waals surface area contributed by atoms with Crippen LogP contribution in [0.2, 0.25) is 0 Å². The number of ether oxygens (including phenoxy) is 1. The Balaban J connectivity index is 1.47. The van der Waals surface area contributed by atoms with Crippen molar-refractivity contribution in [2.24, 2.45) is 5.92 Å². The van der Waals surface area contributed by atoms with E-state index in [9.17, 15) is 4.79 Å². The molecule has 0 spiro atoms. The van der Waals surface area contributed by atoms with E-state index in [2.05, 4.69) is 36.5 Å². The van der Waals surface area contributed by atoms with Crippen LogP contribution in [0.5, 0.6) is 0 Å². The average molecular weight is 344 g/mol. The van der Waals surface area contributed by atoms with Crippen LogP contribution in [0.15, 0.2) is 24.3 Å². The number of anilines is 1. The minimum absolute atomic E-state index is 0.189. The number of hydrogen-bond donors (Lipinski definition) is 1. The SMILES string of the molecule is CC(=O)N1CCC(Nc2cccc(CO[C@@H]3CCC[C@@H](C)C3)c2)CC1. The predicted molar refractivity (Wildman–Crippen MR) is 102 cm³/mol. The largest absolute Gasteiger partial charge is 0.382 e. The van der Waals surface area contributed by atoms with Gasteiger partial charge in [-0.2, -0.15) is 0 Å². The van der Waals surface area contributed by atoms with Gasteiger partial charge in [-0.15, -0.1) is 0 Å². The minimum atomic E-state index is 0.189. The van der Waals surface area contributed by atoms with Crippen LogP contribution >= 0.6 is 0 Å². The van der Waals surface area contributed by atoms with E-state index in [4.69, 9.17) is 4.74 Å². The summed E-state index contributed by atoms with van der Waals surface area (Å²) in [5.74, 6) is 0.988. The van der Waals surface area contributed by atoms with Gasteiger partial charge in [0, 0.05) is 31.7 Å². The zero-order valence-corrected chi connectivity index (χ0v) is 15.7. The first kappa shape index (κ1) is 18.2. The summed E-state index contributed by atoms with van der Waals surface area (Å²) >= 11 is 0. The van der Waals surface area contributed by atoms with Crippen molar-refractivity contribution in [3.8, 4) is 0 Å². The number of hydrogen-bond acceptors (Lipinski definition) is 3. The lowest BCUT2D eigenvalue weighted by molar-refractivity contribution is -0.129. The fraction of sp³-hybridized carbons (Fsp3) is 0.667. The Morgan fingerprint density at radius 1 is 1.24 bits per heavy atom. The lowest BCUT2D eigenvalue weighted by atomic mass is 9.89. The highest BCUT2D eigenvalue weighted by atomic mass is 16.5. The third kappa shape index (κ3) is 5.46. The van der Waals surface area contributed by atoms with Crippen molar-refractivity contribution < 1.29 is 9.53 Å². The van der Waals surface area contributed by atoms with Gasteiger partial charge in [-0.3, -0.25) is 4.79 Å². The fourth-order valence-corrected chi connectivity index (χ4v) is 4.07. The van der Waals surface area contributed by atoms with Crippen molar-refractivity contribution in [1.82, 2.24) is 4.90 Å². The topological polar surface area (TPSA) is 41.6 Å². The molecule has 1 aliphatic carbocycles. The Labute approximate surface area is 151 Å². The van der Waals surface area contributed by atoms with Gasteiger partial charge in [0.25, 0.3) is 0 Å². The number of carbonyl (C=O) groups excluding carboxylic acids is 1. The van der Waals surface area contributed by atoms with Crippen LogP contribution in [0.4, 0.5) is 5.69 Å². The molecule has 1 saturated carbocycles. The summed E-state index contributed by atoms with van der Waals surface area (Å²) in [6.07, 6.45) is 7.51. The third-order valence-corrected chi connectivity index (χ3v) is 5.61. The molecule has 1 heterocycles. The van der Waals surface area contributed by atoms with E-state index in [1.807, 2.05) is 4.90 Å². The molecule has 1 amide bonds. The third-order valence-electron chi connectivity index (χ3n) is 5.61.